The third-order valence-corrected chi connectivity index (χ3v) is 11.1. The fourth-order valence-electron chi connectivity index (χ4n) is 7.01. The summed E-state index contributed by atoms with van der Waals surface area (Å²) in [5.74, 6) is -0.417. The van der Waals surface area contributed by atoms with Gasteiger partial charge in [-0.1, -0.05) is 158 Å². The number of unbranched alkanes of at least 4 members (excludes halogenated alkanes) is 18. The average molecular weight is 899 g/mol. The highest BCUT2D eigenvalue weighted by Gasteiger charge is 2.48. The first-order valence-electron chi connectivity index (χ1n) is 24.0. The summed E-state index contributed by atoms with van der Waals surface area (Å²) in [5.41, 5.74) is 0. The van der Waals surface area contributed by atoms with Gasteiger partial charge in [-0.2, -0.15) is 8.42 Å². The SMILES string of the molecule is CC/C=C\C/C=C\C/C=C\C/C=C\CCCCCCCCC(=O)OC(COCCCCCCCC/C=C\CCCCCCCC)COC1OC(CO)C(O)C(OS(=O)(=O)O)C1O. The number of hydrogen-bond acceptors (Lipinski definition) is 11. The van der Waals surface area contributed by atoms with Crippen LogP contribution in [0, 0.1) is 0 Å². The van der Waals surface area contributed by atoms with Crippen molar-refractivity contribution >= 4 is 16.4 Å². The minimum Gasteiger partial charge on any atom is -0.457 e. The molecule has 0 spiro atoms. The Balaban J connectivity index is 2.42. The molecule has 0 aromatic rings. The molecule has 0 saturated carbocycles. The van der Waals surface area contributed by atoms with Crippen molar-refractivity contribution in [2.24, 2.45) is 0 Å². The van der Waals surface area contributed by atoms with Gasteiger partial charge in [0.25, 0.3) is 0 Å². The van der Waals surface area contributed by atoms with E-state index in [1.807, 2.05) is 0 Å². The quantitative estimate of drug-likeness (QED) is 0.0198. The molecular weight excluding hydrogens is 813 g/mol. The minimum atomic E-state index is -5.07. The van der Waals surface area contributed by atoms with Gasteiger partial charge in [0, 0.05) is 13.0 Å². The van der Waals surface area contributed by atoms with Crippen LogP contribution in [0.5, 0.6) is 0 Å². The predicted molar refractivity (Wildman–Crippen MR) is 248 cm³/mol. The molecule has 12 nitrogen and oxygen atoms in total. The molecule has 13 heteroatoms. The molecule has 0 aliphatic carbocycles. The maximum atomic E-state index is 12.9. The lowest BCUT2D eigenvalue weighted by Crippen LogP contribution is -2.60. The number of rotatable bonds is 41. The van der Waals surface area contributed by atoms with Crippen molar-refractivity contribution in [1.82, 2.24) is 0 Å². The van der Waals surface area contributed by atoms with Crippen LogP contribution < -0.4 is 0 Å². The summed E-state index contributed by atoms with van der Waals surface area (Å²) in [6.07, 6.45) is 41.0. The van der Waals surface area contributed by atoms with E-state index in [2.05, 4.69) is 78.8 Å². The van der Waals surface area contributed by atoms with E-state index in [9.17, 15) is 33.1 Å². The van der Waals surface area contributed by atoms with Gasteiger partial charge >= 0.3 is 16.4 Å². The van der Waals surface area contributed by atoms with E-state index >= 15 is 0 Å². The highest BCUT2D eigenvalue weighted by Crippen LogP contribution is 2.26. The van der Waals surface area contributed by atoms with Gasteiger partial charge < -0.3 is 34.3 Å². The van der Waals surface area contributed by atoms with Crippen molar-refractivity contribution in [3.05, 3.63) is 60.8 Å². The third kappa shape index (κ3) is 33.3. The van der Waals surface area contributed by atoms with Crippen LogP contribution >= 0.6 is 0 Å². The zero-order chi connectivity index (χ0) is 45.4. The fourth-order valence-corrected chi connectivity index (χ4v) is 7.52. The summed E-state index contributed by atoms with van der Waals surface area (Å²) in [5, 5.41) is 30.7. The summed E-state index contributed by atoms with van der Waals surface area (Å²) >= 11 is 0. The smallest absolute Gasteiger partial charge is 0.397 e. The largest absolute Gasteiger partial charge is 0.457 e. The highest BCUT2D eigenvalue weighted by atomic mass is 32.3. The maximum absolute atomic E-state index is 12.9. The van der Waals surface area contributed by atoms with Gasteiger partial charge in [-0.15, -0.1) is 0 Å². The van der Waals surface area contributed by atoms with Gasteiger partial charge in [-0.25, -0.2) is 4.18 Å². The standard InChI is InChI=1S/C49H86O12S/c1-3-5-7-9-11-13-15-17-19-21-22-23-24-26-28-30-32-34-36-38-45(51)59-43(42-58-49-47(53)48(61-62(54,55)56)46(52)44(40-50)60-49)41-57-39-37-35-33-31-29-27-25-20-18-16-14-12-10-8-6-4-2/h5,7,11,13,17-20,22-23,43-44,46-50,52-53H,3-4,6,8-10,12,14-16,21,24-42H2,1-2H3,(H,54,55,56)/b7-5-,13-11-,19-17-,20-18-,23-22-. The zero-order valence-electron chi connectivity index (χ0n) is 38.4. The van der Waals surface area contributed by atoms with E-state index in [0.29, 0.717) is 13.0 Å². The second-order valence-electron chi connectivity index (χ2n) is 16.3. The van der Waals surface area contributed by atoms with E-state index in [1.54, 1.807) is 0 Å². The number of aliphatic hydroxyl groups is 3. The molecule has 0 bridgehead atoms. The van der Waals surface area contributed by atoms with Crippen molar-refractivity contribution in [3.8, 4) is 0 Å². The topological polar surface area (TPSA) is 178 Å². The molecular formula is C49H86O12S. The molecule has 1 aliphatic rings. The van der Waals surface area contributed by atoms with E-state index in [0.717, 1.165) is 89.9 Å². The molecule has 0 amide bonds. The number of aliphatic hydroxyl groups excluding tert-OH is 3. The van der Waals surface area contributed by atoms with Crippen molar-refractivity contribution in [1.29, 1.82) is 0 Å². The second kappa shape index (κ2) is 40.3. The number of ether oxygens (including phenoxy) is 4. The van der Waals surface area contributed by atoms with Gasteiger partial charge in [0.15, 0.2) is 6.29 Å². The van der Waals surface area contributed by atoms with E-state index in [-0.39, 0.29) is 19.6 Å². The van der Waals surface area contributed by atoms with E-state index in [1.165, 1.54) is 64.2 Å². The lowest BCUT2D eigenvalue weighted by molar-refractivity contribution is -0.301. The van der Waals surface area contributed by atoms with Gasteiger partial charge in [-0.05, 0) is 77.0 Å². The summed E-state index contributed by atoms with van der Waals surface area (Å²) in [6, 6.07) is 0. The first-order chi connectivity index (χ1) is 30.1. The molecule has 1 fully saturated rings. The van der Waals surface area contributed by atoms with Crippen molar-refractivity contribution < 1.29 is 56.2 Å². The molecule has 1 rings (SSSR count). The van der Waals surface area contributed by atoms with Gasteiger partial charge in [0.1, 0.15) is 30.5 Å². The lowest BCUT2D eigenvalue weighted by atomic mass is 9.99. The number of hydrogen-bond donors (Lipinski definition) is 4. The van der Waals surface area contributed by atoms with Crippen LogP contribution in [-0.2, 0) is 38.3 Å². The molecule has 6 atom stereocenters. The van der Waals surface area contributed by atoms with Crippen LogP contribution in [0.15, 0.2) is 60.8 Å². The minimum absolute atomic E-state index is 0.0237. The first kappa shape index (κ1) is 57.8. The highest BCUT2D eigenvalue weighted by molar-refractivity contribution is 7.80. The first-order valence-corrected chi connectivity index (χ1v) is 25.4. The molecule has 1 heterocycles. The van der Waals surface area contributed by atoms with Crippen molar-refractivity contribution in [3.63, 3.8) is 0 Å². The number of carbonyl (C=O) groups is 1. The molecule has 6 unspecified atom stereocenters. The summed E-state index contributed by atoms with van der Waals surface area (Å²) in [7, 11) is -5.07. The Bertz CT molecular complexity index is 1310. The van der Waals surface area contributed by atoms with Crippen molar-refractivity contribution in [2.45, 2.75) is 218 Å². The summed E-state index contributed by atoms with van der Waals surface area (Å²) in [4.78, 5) is 12.9. The monoisotopic (exact) mass is 899 g/mol. The molecule has 1 saturated heterocycles. The number of carbonyl (C=O) groups excluding carboxylic acids is 1. The van der Waals surface area contributed by atoms with Crippen molar-refractivity contribution in [2.75, 3.05) is 26.4 Å². The van der Waals surface area contributed by atoms with Crippen LogP contribution in [0.2, 0.25) is 0 Å². The number of allylic oxidation sites excluding steroid dienone is 10. The Morgan fingerprint density at radius 3 is 1.65 bits per heavy atom. The van der Waals surface area contributed by atoms with Gasteiger partial charge in [0.05, 0.1) is 19.8 Å². The zero-order valence-corrected chi connectivity index (χ0v) is 39.2. The van der Waals surface area contributed by atoms with Crippen LogP contribution in [0.4, 0.5) is 0 Å². The Morgan fingerprint density at radius 2 is 1.11 bits per heavy atom. The molecule has 0 radical (unpaired) electrons. The fraction of sp³-hybridized carbons (Fsp3) is 0.776. The van der Waals surface area contributed by atoms with E-state index in [4.69, 9.17) is 18.9 Å². The van der Waals surface area contributed by atoms with Crippen LogP contribution in [0.25, 0.3) is 0 Å². The van der Waals surface area contributed by atoms with Gasteiger partial charge in [0.2, 0.25) is 0 Å². The van der Waals surface area contributed by atoms with E-state index < -0.39 is 59.8 Å². The molecule has 360 valence electrons. The summed E-state index contributed by atoms with van der Waals surface area (Å²) < 4.78 is 59.1. The average Bonchev–Trinajstić information content (AvgIpc) is 3.24. The van der Waals surface area contributed by atoms with Gasteiger partial charge in [-0.3, -0.25) is 9.35 Å². The maximum Gasteiger partial charge on any atom is 0.397 e. The second-order valence-corrected chi connectivity index (χ2v) is 17.4. The normalized spacial score (nSPS) is 20.5. The van der Waals surface area contributed by atoms with Crippen LogP contribution in [0.3, 0.4) is 0 Å². The molecule has 62 heavy (non-hydrogen) atoms. The molecule has 4 N–H and O–H groups in total. The molecule has 0 aromatic heterocycles. The number of esters is 1. The van der Waals surface area contributed by atoms with Crippen LogP contribution in [0.1, 0.15) is 181 Å². The Kier molecular flexibility index (Phi) is 37.6. The molecule has 0 aromatic carbocycles. The van der Waals surface area contributed by atoms with Crippen LogP contribution in [-0.4, -0.2) is 97.5 Å². The Labute approximate surface area is 376 Å². The summed E-state index contributed by atoms with van der Waals surface area (Å²) in [6.45, 7) is 3.84. The Hall–Kier alpha value is -2.20. The molecule has 1 aliphatic heterocycles. The lowest BCUT2D eigenvalue weighted by Gasteiger charge is -2.41. The third-order valence-electron chi connectivity index (χ3n) is 10.6. The Morgan fingerprint density at radius 1 is 0.629 bits per heavy atom. The predicted octanol–water partition coefficient (Wildman–Crippen LogP) is 10.5.